The largest absolute Gasteiger partial charge is 0.468 e. The van der Waals surface area contributed by atoms with Crippen LogP contribution in [0.1, 0.15) is 70.9 Å². The molecule has 0 saturated heterocycles. The van der Waals surface area contributed by atoms with Gasteiger partial charge in [0.1, 0.15) is 12.4 Å². The standard InChI is InChI=1S/C32H36N6O6.C5H9NO5/c1-5-6-14-30(39)36(23(4)22(2)3)20-24-15-17-26(18-16-24)28-12-7-8-13-29(28)31-33-35-37(34-31)32(40)44-27-11-9-10-25(19-27)21-43-38(41)42;7-5-10-3-1-2-4-11-6(8)9/h7-13,15-19,22-23H,5-6,14,20-21H2,1-4H3;5H,1-4H2. The Morgan fingerprint density at radius 1 is 0.873 bits per heavy atom. The second kappa shape index (κ2) is 22.6. The highest BCUT2D eigenvalue weighted by molar-refractivity contribution is 5.81. The maximum Gasteiger partial charge on any atom is 0.459 e. The summed E-state index contributed by atoms with van der Waals surface area (Å²) >= 11 is 0. The molecule has 1 atom stereocenters. The van der Waals surface area contributed by atoms with Gasteiger partial charge in [-0.05, 0) is 71.7 Å². The lowest BCUT2D eigenvalue weighted by molar-refractivity contribution is -0.763. The minimum Gasteiger partial charge on any atom is -0.468 e. The van der Waals surface area contributed by atoms with Crippen LogP contribution in [0, 0.1) is 26.1 Å². The highest BCUT2D eigenvalue weighted by Crippen LogP contribution is 2.30. The Hall–Kier alpha value is -6.46. The summed E-state index contributed by atoms with van der Waals surface area (Å²) < 4.78 is 9.67. The number of ether oxygens (including phenoxy) is 2. The van der Waals surface area contributed by atoms with Crippen molar-refractivity contribution in [2.24, 2.45) is 5.92 Å². The maximum absolute atomic E-state index is 13.0. The van der Waals surface area contributed by atoms with Crippen LogP contribution in [0.4, 0.5) is 4.79 Å². The molecule has 0 aliphatic carbocycles. The summed E-state index contributed by atoms with van der Waals surface area (Å²) in [7, 11) is 0. The van der Waals surface area contributed by atoms with Crippen LogP contribution in [0.5, 0.6) is 5.75 Å². The van der Waals surface area contributed by atoms with Crippen LogP contribution < -0.4 is 4.74 Å². The van der Waals surface area contributed by atoms with Crippen molar-refractivity contribution in [3.05, 3.63) is 104 Å². The summed E-state index contributed by atoms with van der Waals surface area (Å²) in [5.41, 5.74) is 3.91. The molecule has 1 aromatic heterocycles. The molecule has 0 radical (unpaired) electrons. The summed E-state index contributed by atoms with van der Waals surface area (Å²) in [6.07, 6.45) is 2.59. The van der Waals surface area contributed by atoms with Crippen molar-refractivity contribution < 1.29 is 43.7 Å². The van der Waals surface area contributed by atoms with E-state index < -0.39 is 16.3 Å². The predicted octanol–water partition coefficient (Wildman–Crippen LogP) is 6.47. The third-order valence-electron chi connectivity index (χ3n) is 8.25. The van der Waals surface area contributed by atoms with E-state index >= 15 is 0 Å². The molecule has 1 unspecified atom stereocenters. The van der Waals surface area contributed by atoms with Gasteiger partial charge >= 0.3 is 6.09 Å². The predicted molar refractivity (Wildman–Crippen MR) is 197 cm³/mol. The van der Waals surface area contributed by atoms with Crippen molar-refractivity contribution >= 4 is 18.5 Å². The van der Waals surface area contributed by atoms with Crippen molar-refractivity contribution in [1.29, 1.82) is 0 Å². The van der Waals surface area contributed by atoms with Gasteiger partial charge in [-0.2, -0.15) is 0 Å². The minimum absolute atomic E-state index is 0.0508. The Labute approximate surface area is 317 Å². The second-order valence-electron chi connectivity index (χ2n) is 12.5. The Morgan fingerprint density at radius 3 is 2.22 bits per heavy atom. The van der Waals surface area contributed by atoms with E-state index in [0.717, 1.165) is 34.3 Å². The number of amides is 1. The van der Waals surface area contributed by atoms with Crippen molar-refractivity contribution in [1.82, 2.24) is 25.1 Å². The van der Waals surface area contributed by atoms with Crippen molar-refractivity contribution in [3.8, 4) is 28.3 Å². The summed E-state index contributed by atoms with van der Waals surface area (Å²) in [5, 5.41) is 30.5. The molecule has 0 aliphatic rings. The maximum atomic E-state index is 13.0. The van der Waals surface area contributed by atoms with Crippen LogP contribution in [-0.4, -0.2) is 73.0 Å². The molecule has 4 aromatic rings. The second-order valence-corrected chi connectivity index (χ2v) is 12.5. The van der Waals surface area contributed by atoms with Gasteiger partial charge in [0.05, 0.1) is 13.2 Å². The number of benzene rings is 3. The molecule has 3 aromatic carbocycles. The van der Waals surface area contributed by atoms with Crippen molar-refractivity contribution in [2.45, 2.75) is 79.0 Å². The Morgan fingerprint density at radius 2 is 1.56 bits per heavy atom. The van der Waals surface area contributed by atoms with E-state index in [2.05, 4.69) is 57.5 Å². The molecular weight excluding hydrogens is 718 g/mol. The summed E-state index contributed by atoms with van der Waals surface area (Å²) in [5.74, 6) is 0.887. The average Bonchev–Trinajstić information content (AvgIpc) is 3.67. The molecule has 4 rings (SSSR count). The number of aromatic nitrogens is 4. The van der Waals surface area contributed by atoms with Crippen LogP contribution in [0.15, 0.2) is 72.8 Å². The van der Waals surface area contributed by atoms with Gasteiger partial charge in [0.15, 0.2) is 0 Å². The quantitative estimate of drug-likeness (QED) is 0.0407. The molecule has 0 fully saturated rings. The van der Waals surface area contributed by atoms with Crippen LogP contribution >= 0.6 is 0 Å². The number of tetrazole rings is 1. The number of carbonyl (C=O) groups is 3. The zero-order valence-corrected chi connectivity index (χ0v) is 31.1. The zero-order valence-electron chi connectivity index (χ0n) is 31.1. The van der Waals surface area contributed by atoms with Gasteiger partial charge in [0.25, 0.3) is 16.6 Å². The monoisotopic (exact) mass is 763 g/mol. The first-order valence-electron chi connectivity index (χ1n) is 17.6. The van der Waals surface area contributed by atoms with Gasteiger partial charge in [-0.15, -0.1) is 30.4 Å². The molecule has 0 N–H and O–H groups in total. The molecular formula is C37H45N7O11. The fraction of sp³-hybridized carbons (Fsp3) is 0.405. The molecule has 0 bridgehead atoms. The first-order valence-corrected chi connectivity index (χ1v) is 17.6. The average molecular weight is 764 g/mol. The molecule has 1 heterocycles. The third-order valence-corrected chi connectivity index (χ3v) is 8.25. The topological polar surface area (TPSA) is 221 Å². The van der Waals surface area contributed by atoms with Crippen LogP contribution in [0.2, 0.25) is 0 Å². The third kappa shape index (κ3) is 14.5. The zero-order chi connectivity index (χ0) is 40.2. The van der Waals surface area contributed by atoms with Gasteiger partial charge < -0.3 is 24.0 Å². The van der Waals surface area contributed by atoms with E-state index in [1.54, 1.807) is 12.1 Å². The van der Waals surface area contributed by atoms with E-state index in [1.165, 1.54) is 12.1 Å². The van der Waals surface area contributed by atoms with E-state index in [1.807, 2.05) is 53.4 Å². The molecule has 0 spiro atoms. The molecule has 18 heteroatoms. The first kappa shape index (κ1) is 42.9. The fourth-order valence-electron chi connectivity index (χ4n) is 5.05. The lowest BCUT2D eigenvalue weighted by Gasteiger charge is -2.32. The number of hydrogen-bond donors (Lipinski definition) is 0. The number of hydrogen-bond acceptors (Lipinski definition) is 14. The smallest absolute Gasteiger partial charge is 0.459 e. The lowest BCUT2D eigenvalue weighted by atomic mass is 9.97. The summed E-state index contributed by atoms with van der Waals surface area (Å²) in [6.45, 7) is 9.37. The van der Waals surface area contributed by atoms with Crippen molar-refractivity contribution in [2.75, 3.05) is 13.2 Å². The minimum atomic E-state index is -0.898. The number of carbonyl (C=O) groups excluding carboxylic acids is 3. The Kier molecular flexibility index (Phi) is 17.6. The highest BCUT2D eigenvalue weighted by Gasteiger charge is 2.23. The number of nitrogens with zero attached hydrogens (tertiary/aromatic N) is 7. The molecule has 0 aliphatic heterocycles. The molecule has 1 amide bonds. The fourth-order valence-corrected chi connectivity index (χ4v) is 5.05. The van der Waals surface area contributed by atoms with Crippen molar-refractivity contribution in [3.63, 3.8) is 0 Å². The van der Waals surface area contributed by atoms with E-state index in [4.69, 9.17) is 4.74 Å². The van der Waals surface area contributed by atoms with Gasteiger partial charge in [-0.3, -0.25) is 9.59 Å². The normalized spacial score (nSPS) is 11.1. The van der Waals surface area contributed by atoms with E-state index in [0.29, 0.717) is 49.3 Å². The SMILES string of the molecule is CCCCC(=O)N(Cc1ccc(-c2ccccc2-c2nnn(C(=O)Oc3cccc(CO[N+](=O)[O-])c3)n2)cc1)C(C)C(C)C.O=COCCCCO[N+](=O)[O-]. The Balaban J connectivity index is 0.000000641. The molecule has 0 saturated carbocycles. The van der Waals surface area contributed by atoms with E-state index in [-0.39, 0.29) is 43.3 Å². The van der Waals surface area contributed by atoms with Crippen LogP contribution in [-0.2, 0) is 37.2 Å². The molecule has 55 heavy (non-hydrogen) atoms. The Bertz CT molecular complexity index is 1850. The lowest BCUT2D eigenvalue weighted by Crippen LogP contribution is -2.40. The van der Waals surface area contributed by atoms with Gasteiger partial charge in [0, 0.05) is 24.6 Å². The number of rotatable bonds is 20. The number of unbranched alkanes of at least 4 members (excludes halogenated alkanes) is 2. The first-order chi connectivity index (χ1) is 26.4. The van der Waals surface area contributed by atoms with Crippen LogP contribution in [0.3, 0.4) is 0 Å². The highest BCUT2D eigenvalue weighted by atomic mass is 17.0. The van der Waals surface area contributed by atoms with Gasteiger partial charge in [-0.1, -0.05) is 92.7 Å². The van der Waals surface area contributed by atoms with E-state index in [9.17, 15) is 34.6 Å². The summed E-state index contributed by atoms with van der Waals surface area (Å²) in [6, 6.07) is 21.8. The molecule has 18 nitrogen and oxygen atoms in total. The summed E-state index contributed by atoms with van der Waals surface area (Å²) in [4.78, 5) is 66.4. The van der Waals surface area contributed by atoms with Crippen LogP contribution in [0.25, 0.3) is 22.5 Å². The van der Waals surface area contributed by atoms with Gasteiger partial charge in [-0.25, -0.2) is 4.79 Å². The molecule has 294 valence electrons. The van der Waals surface area contributed by atoms with Gasteiger partial charge in [0.2, 0.25) is 11.7 Å².